The zero-order chi connectivity index (χ0) is 23.8. The second kappa shape index (κ2) is 8.49. The number of fused-ring (bicyclic) bond motifs is 1. The molecule has 32 heavy (non-hydrogen) atoms. The molecule has 2 aromatic rings. The van der Waals surface area contributed by atoms with Crippen molar-refractivity contribution >= 4 is 21.6 Å². The van der Waals surface area contributed by atoms with Crippen LogP contribution in [0, 0.1) is 12.7 Å². The van der Waals surface area contributed by atoms with Crippen molar-refractivity contribution in [2.24, 2.45) is 0 Å². The Morgan fingerprint density at radius 2 is 1.88 bits per heavy atom. The quantitative estimate of drug-likeness (QED) is 0.644. The molecule has 0 unspecified atom stereocenters. The van der Waals surface area contributed by atoms with Crippen LogP contribution >= 0.6 is 0 Å². The third-order valence-electron chi connectivity index (χ3n) is 4.69. The van der Waals surface area contributed by atoms with Crippen LogP contribution in [0.1, 0.15) is 29.7 Å². The number of nitrogens with one attached hydrogen (secondary N) is 2. The lowest BCUT2D eigenvalue weighted by atomic mass is 10.0. The molecule has 0 saturated heterocycles. The van der Waals surface area contributed by atoms with Crippen molar-refractivity contribution in [3.8, 4) is 11.5 Å². The second-order valence-electron chi connectivity index (χ2n) is 7.37. The van der Waals surface area contributed by atoms with Crippen molar-refractivity contribution in [2.75, 3.05) is 17.6 Å². The van der Waals surface area contributed by atoms with E-state index in [0.29, 0.717) is 5.56 Å². The monoisotopic (exact) mass is 476 g/mol. The van der Waals surface area contributed by atoms with Crippen LogP contribution in [0.25, 0.3) is 0 Å². The van der Waals surface area contributed by atoms with Gasteiger partial charge >= 0.3 is 6.18 Å². The lowest BCUT2D eigenvalue weighted by molar-refractivity contribution is -0.138. The highest BCUT2D eigenvalue weighted by Crippen LogP contribution is 2.38. The lowest BCUT2D eigenvalue weighted by Gasteiger charge is -2.27. The molecule has 1 amide bonds. The summed E-state index contributed by atoms with van der Waals surface area (Å²) < 4.78 is 88.7. The van der Waals surface area contributed by atoms with Crippen LogP contribution < -0.4 is 19.5 Å². The molecule has 2 N–H and O–H groups in total. The summed E-state index contributed by atoms with van der Waals surface area (Å²) >= 11 is 0. The van der Waals surface area contributed by atoms with Gasteiger partial charge in [0.25, 0.3) is 5.91 Å². The Morgan fingerprint density at radius 3 is 2.50 bits per heavy atom. The van der Waals surface area contributed by atoms with Crippen molar-refractivity contribution in [3.63, 3.8) is 0 Å². The maximum absolute atomic E-state index is 14.5. The summed E-state index contributed by atoms with van der Waals surface area (Å²) in [6, 6.07) is 4.28. The molecule has 7 nitrogen and oxygen atoms in total. The Balaban J connectivity index is 1.71. The maximum atomic E-state index is 14.5. The van der Waals surface area contributed by atoms with Crippen LogP contribution in [0.3, 0.4) is 0 Å². The number of benzene rings is 2. The first-order chi connectivity index (χ1) is 14.7. The Hall–Kier alpha value is -3.02. The van der Waals surface area contributed by atoms with Gasteiger partial charge in [0.2, 0.25) is 16.1 Å². The number of carbonyl (C=O) groups excluding carboxylic acids is 1. The predicted octanol–water partition coefficient (Wildman–Crippen LogP) is 3.54. The van der Waals surface area contributed by atoms with Gasteiger partial charge in [-0.3, -0.25) is 9.52 Å². The number of carbonyl (C=O) groups is 1. The average Bonchev–Trinajstić information content (AvgIpc) is 2.67. The summed E-state index contributed by atoms with van der Waals surface area (Å²) in [5.41, 5.74) is -0.274. The highest BCUT2D eigenvalue weighted by Gasteiger charge is 2.34. The van der Waals surface area contributed by atoms with Crippen molar-refractivity contribution < 1.29 is 40.2 Å². The molecular formula is C20H20F4N2O5S. The highest BCUT2D eigenvalue weighted by atomic mass is 32.2. The zero-order valence-electron chi connectivity index (χ0n) is 17.2. The van der Waals surface area contributed by atoms with Crippen LogP contribution in [-0.2, 0) is 21.0 Å². The molecule has 1 aliphatic heterocycles. The molecule has 0 aromatic heterocycles. The molecule has 174 valence electrons. The number of ether oxygens (including phenoxy) is 2. The first kappa shape index (κ1) is 23.6. The maximum Gasteiger partial charge on any atom is 0.416 e. The number of amides is 1. The van der Waals surface area contributed by atoms with Gasteiger partial charge in [-0.2, -0.15) is 13.2 Å². The number of hydrogen-bond acceptors (Lipinski definition) is 5. The van der Waals surface area contributed by atoms with Gasteiger partial charge in [-0.25, -0.2) is 12.8 Å². The summed E-state index contributed by atoms with van der Waals surface area (Å²) in [4.78, 5) is 12.6. The summed E-state index contributed by atoms with van der Waals surface area (Å²) in [6.45, 7) is 2.77. The molecule has 1 aliphatic rings. The molecule has 0 spiro atoms. The Kier molecular flexibility index (Phi) is 6.27. The molecule has 0 radical (unpaired) electrons. The van der Waals surface area contributed by atoms with Crippen LogP contribution in [0.2, 0.25) is 0 Å². The van der Waals surface area contributed by atoms with Crippen molar-refractivity contribution in [2.45, 2.75) is 32.2 Å². The fourth-order valence-corrected chi connectivity index (χ4v) is 3.73. The minimum atomic E-state index is -4.55. The fourth-order valence-electron chi connectivity index (χ4n) is 3.11. The Morgan fingerprint density at radius 1 is 1.19 bits per heavy atom. The van der Waals surface area contributed by atoms with Gasteiger partial charge in [0.1, 0.15) is 12.4 Å². The molecular weight excluding hydrogens is 456 g/mol. The lowest BCUT2D eigenvalue weighted by Crippen LogP contribution is -2.44. The molecule has 1 heterocycles. The molecule has 3 rings (SSSR count). The van der Waals surface area contributed by atoms with Crippen LogP contribution in [0.4, 0.5) is 23.2 Å². The van der Waals surface area contributed by atoms with E-state index >= 15 is 0 Å². The van der Waals surface area contributed by atoms with Gasteiger partial charge in [-0.1, -0.05) is 0 Å². The first-order valence-corrected chi connectivity index (χ1v) is 11.2. The Labute approximate surface area is 181 Å². The summed E-state index contributed by atoms with van der Waals surface area (Å²) in [5, 5.41) is 2.57. The molecule has 2 aromatic carbocycles. The number of halogens is 4. The van der Waals surface area contributed by atoms with Crippen LogP contribution in [0.15, 0.2) is 30.3 Å². The summed E-state index contributed by atoms with van der Waals surface area (Å²) in [7, 11) is -3.60. The molecule has 0 fully saturated rings. The molecule has 0 bridgehead atoms. The van der Waals surface area contributed by atoms with E-state index in [4.69, 9.17) is 9.47 Å². The normalized spacial score (nSPS) is 16.9. The standard InChI is InChI=1S/C20H20F4N2O5S/c1-10-6-13(14(21)8-15(10)26-32(3,28)29)11(2)25-19(27)18-9-30-17-7-12(20(22,23)24)4-5-16(17)31-18/h4-8,11,18,26H,9H2,1-3H3,(H,25,27)/t11-,18+/m1/s1. The van der Waals surface area contributed by atoms with Crippen LogP contribution in [-0.4, -0.2) is 33.3 Å². The molecule has 0 saturated carbocycles. The third kappa shape index (κ3) is 5.42. The second-order valence-corrected chi connectivity index (χ2v) is 9.12. The SMILES string of the molecule is Cc1cc([C@@H](C)NC(=O)[C@@H]2COc3cc(C(F)(F)F)ccc3O2)c(F)cc1NS(C)(=O)=O. The number of anilines is 1. The van der Waals surface area contributed by atoms with E-state index in [1.54, 1.807) is 6.92 Å². The highest BCUT2D eigenvalue weighted by molar-refractivity contribution is 7.92. The molecule has 2 atom stereocenters. The largest absolute Gasteiger partial charge is 0.485 e. The van der Waals surface area contributed by atoms with E-state index in [1.165, 1.54) is 13.0 Å². The van der Waals surface area contributed by atoms with Gasteiger partial charge in [0.05, 0.1) is 23.5 Å². The van der Waals surface area contributed by atoms with E-state index in [0.717, 1.165) is 30.5 Å². The number of hydrogen-bond donors (Lipinski definition) is 2. The smallest absolute Gasteiger partial charge is 0.416 e. The summed E-state index contributed by atoms with van der Waals surface area (Å²) in [5.74, 6) is -1.54. The number of alkyl halides is 3. The van der Waals surface area contributed by atoms with Gasteiger partial charge in [0, 0.05) is 5.56 Å². The van der Waals surface area contributed by atoms with E-state index in [9.17, 15) is 30.8 Å². The predicted molar refractivity (Wildman–Crippen MR) is 108 cm³/mol. The number of aryl methyl sites for hydroxylation is 1. The minimum absolute atomic E-state index is 0.0183. The van der Waals surface area contributed by atoms with E-state index in [-0.39, 0.29) is 29.4 Å². The average molecular weight is 476 g/mol. The Bertz CT molecular complexity index is 1150. The summed E-state index contributed by atoms with van der Waals surface area (Å²) in [6.07, 6.45) is -4.76. The van der Waals surface area contributed by atoms with Gasteiger partial charge < -0.3 is 14.8 Å². The zero-order valence-corrected chi connectivity index (χ0v) is 18.0. The van der Waals surface area contributed by atoms with Gasteiger partial charge in [-0.05, 0) is 49.7 Å². The van der Waals surface area contributed by atoms with E-state index in [1.807, 2.05) is 0 Å². The van der Waals surface area contributed by atoms with Gasteiger partial charge in [0.15, 0.2) is 11.5 Å². The van der Waals surface area contributed by atoms with Crippen molar-refractivity contribution in [3.05, 3.63) is 52.8 Å². The molecule has 0 aliphatic carbocycles. The number of rotatable bonds is 5. The fraction of sp³-hybridized carbons (Fsp3) is 0.350. The number of sulfonamides is 1. The van der Waals surface area contributed by atoms with Crippen molar-refractivity contribution in [1.82, 2.24) is 5.32 Å². The topological polar surface area (TPSA) is 93.7 Å². The molecule has 12 heteroatoms. The van der Waals surface area contributed by atoms with E-state index in [2.05, 4.69) is 10.0 Å². The van der Waals surface area contributed by atoms with Crippen LogP contribution in [0.5, 0.6) is 11.5 Å². The van der Waals surface area contributed by atoms with Gasteiger partial charge in [-0.15, -0.1) is 0 Å². The first-order valence-electron chi connectivity index (χ1n) is 9.33. The van der Waals surface area contributed by atoms with Crippen molar-refractivity contribution in [1.29, 1.82) is 0 Å². The van der Waals surface area contributed by atoms with E-state index < -0.39 is 45.6 Å². The third-order valence-corrected chi connectivity index (χ3v) is 5.28. The minimum Gasteiger partial charge on any atom is -0.485 e.